The van der Waals surface area contributed by atoms with Crippen LogP contribution in [0.2, 0.25) is 0 Å². The molecular weight excluding hydrogens is 330 g/mol. The molecule has 0 spiro atoms. The lowest BCUT2D eigenvalue weighted by atomic mass is 10.2. The number of rotatable bonds is 5. The number of imidazole rings is 1. The highest BCUT2D eigenvalue weighted by Gasteiger charge is 2.18. The number of carbonyl (C=O) groups is 1. The molecule has 0 saturated heterocycles. The van der Waals surface area contributed by atoms with Gasteiger partial charge < -0.3 is 4.57 Å². The van der Waals surface area contributed by atoms with Crippen molar-refractivity contribution in [3.8, 4) is 5.82 Å². The van der Waals surface area contributed by atoms with Crippen LogP contribution in [0.3, 0.4) is 0 Å². The Morgan fingerprint density at radius 1 is 1.19 bits per heavy atom. The van der Waals surface area contributed by atoms with Crippen molar-refractivity contribution in [1.82, 2.24) is 29.3 Å². The molecule has 1 amide bonds. The van der Waals surface area contributed by atoms with Crippen LogP contribution in [0, 0.1) is 0 Å². The fourth-order valence-corrected chi connectivity index (χ4v) is 2.86. The molecule has 3 heterocycles. The third-order valence-electron chi connectivity index (χ3n) is 3.99. The zero-order valence-corrected chi connectivity index (χ0v) is 14.2. The average Bonchev–Trinajstić information content (AvgIpc) is 3.31. The molecule has 26 heavy (non-hydrogen) atoms. The van der Waals surface area contributed by atoms with Crippen LogP contribution in [-0.4, -0.2) is 35.2 Å². The van der Waals surface area contributed by atoms with Crippen LogP contribution in [-0.2, 0) is 6.54 Å². The van der Waals surface area contributed by atoms with Gasteiger partial charge in [-0.25, -0.2) is 19.6 Å². The summed E-state index contributed by atoms with van der Waals surface area (Å²) >= 11 is 0. The first-order valence-electron chi connectivity index (χ1n) is 8.34. The zero-order valence-electron chi connectivity index (χ0n) is 14.2. The molecule has 0 radical (unpaired) electrons. The Kier molecular flexibility index (Phi) is 4.14. The van der Waals surface area contributed by atoms with Gasteiger partial charge in [0.1, 0.15) is 12.7 Å². The van der Waals surface area contributed by atoms with Gasteiger partial charge in [-0.3, -0.25) is 10.1 Å². The Labute approximate surface area is 149 Å². The van der Waals surface area contributed by atoms with E-state index in [0.717, 1.165) is 24.0 Å². The van der Waals surface area contributed by atoms with Crippen molar-refractivity contribution in [2.75, 3.05) is 5.32 Å². The maximum Gasteiger partial charge on any atom is 0.261 e. The smallest absolute Gasteiger partial charge is 0.261 e. The van der Waals surface area contributed by atoms with Gasteiger partial charge in [0, 0.05) is 12.7 Å². The largest absolute Gasteiger partial charge is 0.310 e. The Morgan fingerprint density at radius 2 is 2.08 bits per heavy atom. The molecular formula is C18H17N7O. The lowest BCUT2D eigenvalue weighted by Gasteiger charge is -2.10. The van der Waals surface area contributed by atoms with E-state index in [1.807, 2.05) is 28.8 Å². The number of aryl methyl sites for hydroxylation is 1. The molecule has 0 bridgehead atoms. The minimum Gasteiger partial charge on any atom is -0.310 e. The number of benzene rings is 1. The van der Waals surface area contributed by atoms with E-state index < -0.39 is 0 Å². The summed E-state index contributed by atoms with van der Waals surface area (Å²) in [6.07, 6.45) is 5.45. The van der Waals surface area contributed by atoms with E-state index >= 15 is 0 Å². The van der Waals surface area contributed by atoms with E-state index in [-0.39, 0.29) is 5.91 Å². The molecule has 8 heteroatoms. The molecule has 1 N–H and O–H groups in total. The van der Waals surface area contributed by atoms with E-state index in [4.69, 9.17) is 0 Å². The molecule has 0 atom stereocenters. The van der Waals surface area contributed by atoms with Crippen LogP contribution in [0.4, 0.5) is 5.95 Å². The van der Waals surface area contributed by atoms with Crippen LogP contribution < -0.4 is 5.32 Å². The van der Waals surface area contributed by atoms with E-state index in [1.54, 1.807) is 18.3 Å². The number of fused-ring (bicyclic) bond motifs is 1. The number of aromatic nitrogens is 6. The summed E-state index contributed by atoms with van der Waals surface area (Å²) in [6, 6.07) is 11.2. The van der Waals surface area contributed by atoms with Gasteiger partial charge in [-0.15, -0.1) is 0 Å². The number of para-hydroxylation sites is 2. The Balaban J connectivity index is 1.72. The number of nitrogens with one attached hydrogen (secondary N) is 1. The molecule has 0 aliphatic heterocycles. The number of amides is 1. The third kappa shape index (κ3) is 2.81. The minimum atomic E-state index is -0.295. The number of nitrogens with zero attached hydrogens (tertiary/aromatic N) is 6. The number of pyridine rings is 1. The maximum absolute atomic E-state index is 12.9. The summed E-state index contributed by atoms with van der Waals surface area (Å²) in [7, 11) is 0. The molecule has 0 saturated carbocycles. The van der Waals surface area contributed by atoms with Crippen molar-refractivity contribution >= 4 is 22.9 Å². The molecule has 3 aromatic heterocycles. The van der Waals surface area contributed by atoms with E-state index in [0.29, 0.717) is 17.3 Å². The standard InChI is InChI=1S/C18H17N7O/c1-2-10-24-15-8-4-3-7-14(15)22-18(24)23-17(26)13-6-5-9-20-16(13)25-12-19-11-21-25/h3-9,11-12H,2,10H2,1H3,(H,22,23,26). The zero-order chi connectivity index (χ0) is 17.9. The highest BCUT2D eigenvalue weighted by atomic mass is 16.1. The van der Waals surface area contributed by atoms with Crippen LogP contribution in [0.5, 0.6) is 0 Å². The lowest BCUT2D eigenvalue weighted by Crippen LogP contribution is -2.19. The molecule has 4 rings (SSSR count). The minimum absolute atomic E-state index is 0.295. The Hall–Kier alpha value is -3.55. The topological polar surface area (TPSA) is 90.5 Å². The number of carbonyl (C=O) groups excluding carboxylic acids is 1. The van der Waals surface area contributed by atoms with Gasteiger partial charge >= 0.3 is 0 Å². The number of anilines is 1. The summed E-state index contributed by atoms with van der Waals surface area (Å²) in [5, 5.41) is 6.98. The second-order valence-corrected chi connectivity index (χ2v) is 5.74. The SMILES string of the molecule is CCCn1c(NC(=O)c2cccnc2-n2cncn2)nc2ccccc21. The fraction of sp³-hybridized carbons (Fsp3) is 0.167. The van der Waals surface area contributed by atoms with Crippen molar-refractivity contribution in [3.05, 3.63) is 60.8 Å². The average molecular weight is 347 g/mol. The normalized spacial score (nSPS) is 11.0. The molecule has 8 nitrogen and oxygen atoms in total. The molecule has 1 aromatic carbocycles. The van der Waals surface area contributed by atoms with Crippen molar-refractivity contribution in [2.45, 2.75) is 19.9 Å². The van der Waals surface area contributed by atoms with Crippen LogP contribution in [0.25, 0.3) is 16.9 Å². The van der Waals surface area contributed by atoms with Gasteiger partial charge in [0.15, 0.2) is 5.82 Å². The Bertz CT molecular complexity index is 1050. The van der Waals surface area contributed by atoms with Gasteiger partial charge in [0.05, 0.1) is 16.6 Å². The van der Waals surface area contributed by atoms with Gasteiger partial charge in [-0.05, 0) is 30.7 Å². The molecule has 0 aliphatic rings. The van der Waals surface area contributed by atoms with Crippen LogP contribution >= 0.6 is 0 Å². The van der Waals surface area contributed by atoms with Gasteiger partial charge in [-0.1, -0.05) is 19.1 Å². The van der Waals surface area contributed by atoms with Crippen molar-refractivity contribution in [3.63, 3.8) is 0 Å². The highest BCUT2D eigenvalue weighted by Crippen LogP contribution is 2.21. The summed E-state index contributed by atoms with van der Waals surface area (Å²) in [5.41, 5.74) is 2.24. The van der Waals surface area contributed by atoms with E-state index in [2.05, 4.69) is 32.3 Å². The second kappa shape index (κ2) is 6.75. The van der Waals surface area contributed by atoms with Gasteiger partial charge in [0.2, 0.25) is 5.95 Å². The third-order valence-corrected chi connectivity index (χ3v) is 3.99. The summed E-state index contributed by atoms with van der Waals surface area (Å²) < 4.78 is 3.47. The summed E-state index contributed by atoms with van der Waals surface area (Å²) in [4.78, 5) is 25.6. The van der Waals surface area contributed by atoms with Gasteiger partial charge in [-0.2, -0.15) is 5.10 Å². The predicted molar refractivity (Wildman–Crippen MR) is 97.1 cm³/mol. The first-order valence-corrected chi connectivity index (χ1v) is 8.34. The highest BCUT2D eigenvalue weighted by molar-refractivity contribution is 6.06. The first-order chi connectivity index (χ1) is 12.8. The maximum atomic E-state index is 12.9. The molecule has 0 fully saturated rings. The monoisotopic (exact) mass is 347 g/mol. The van der Waals surface area contributed by atoms with Crippen molar-refractivity contribution < 1.29 is 4.79 Å². The summed E-state index contributed by atoms with van der Waals surface area (Å²) in [5.74, 6) is 0.642. The quantitative estimate of drug-likeness (QED) is 0.599. The second-order valence-electron chi connectivity index (χ2n) is 5.74. The molecule has 130 valence electrons. The molecule has 0 unspecified atom stereocenters. The molecule has 4 aromatic rings. The van der Waals surface area contributed by atoms with Gasteiger partial charge in [0.25, 0.3) is 5.91 Å². The molecule has 0 aliphatic carbocycles. The first kappa shape index (κ1) is 15.9. The van der Waals surface area contributed by atoms with E-state index in [1.165, 1.54) is 17.3 Å². The number of hydrogen-bond acceptors (Lipinski definition) is 5. The lowest BCUT2D eigenvalue weighted by molar-refractivity contribution is 0.102. The predicted octanol–water partition coefficient (Wildman–Crippen LogP) is 2.67. The van der Waals surface area contributed by atoms with Crippen molar-refractivity contribution in [1.29, 1.82) is 0 Å². The Morgan fingerprint density at radius 3 is 2.88 bits per heavy atom. The fourth-order valence-electron chi connectivity index (χ4n) is 2.86. The number of hydrogen-bond donors (Lipinski definition) is 1. The summed E-state index contributed by atoms with van der Waals surface area (Å²) in [6.45, 7) is 2.85. The van der Waals surface area contributed by atoms with Crippen molar-refractivity contribution in [2.24, 2.45) is 0 Å². The van der Waals surface area contributed by atoms with Crippen LogP contribution in [0.1, 0.15) is 23.7 Å². The van der Waals surface area contributed by atoms with Crippen LogP contribution in [0.15, 0.2) is 55.2 Å². The van der Waals surface area contributed by atoms with E-state index in [9.17, 15) is 4.79 Å².